The van der Waals surface area contributed by atoms with Crippen LogP contribution in [-0.2, 0) is 7.05 Å². The van der Waals surface area contributed by atoms with Gasteiger partial charge in [0.2, 0.25) is 0 Å². The molecule has 33 heavy (non-hydrogen) atoms. The lowest BCUT2D eigenvalue weighted by molar-refractivity contribution is -0.108. The second kappa shape index (κ2) is 8.48. The minimum absolute atomic E-state index is 0.0603. The van der Waals surface area contributed by atoms with Crippen molar-refractivity contribution in [1.29, 1.82) is 0 Å². The van der Waals surface area contributed by atoms with Crippen molar-refractivity contribution in [2.24, 2.45) is 7.05 Å². The molecule has 3 heterocycles. The number of aryl methyl sites for hydroxylation is 1. The summed E-state index contributed by atoms with van der Waals surface area (Å²) in [4.78, 5) is 19.0. The third-order valence-corrected chi connectivity index (χ3v) is 7.23. The van der Waals surface area contributed by atoms with Crippen LogP contribution in [0.4, 0.5) is 20.2 Å². The molecule has 2 aromatic carbocycles. The van der Waals surface area contributed by atoms with Gasteiger partial charge in [0.1, 0.15) is 16.9 Å². The molecule has 3 aromatic rings. The van der Waals surface area contributed by atoms with Crippen LogP contribution in [0.5, 0.6) is 0 Å². The summed E-state index contributed by atoms with van der Waals surface area (Å²) in [6, 6.07) is 6.03. The Bertz CT molecular complexity index is 1240. The maximum Gasteiger partial charge on any atom is 0.256 e. The van der Waals surface area contributed by atoms with Gasteiger partial charge in [-0.1, -0.05) is 6.42 Å². The maximum atomic E-state index is 15.5. The first-order valence-corrected chi connectivity index (χ1v) is 12.0. The number of halogens is 3. The predicted molar refractivity (Wildman–Crippen MR) is 130 cm³/mol. The summed E-state index contributed by atoms with van der Waals surface area (Å²) in [5.41, 5.74) is -0.452. The van der Waals surface area contributed by atoms with Crippen molar-refractivity contribution in [3.63, 3.8) is 0 Å². The van der Waals surface area contributed by atoms with E-state index in [-0.39, 0.29) is 41.6 Å². The highest BCUT2D eigenvalue weighted by Gasteiger charge is 2.49. The number of rotatable bonds is 4. The zero-order valence-corrected chi connectivity index (χ0v) is 20.2. The lowest BCUT2D eigenvalue weighted by atomic mass is 9.81. The molecule has 0 spiro atoms. The molecule has 1 atom stereocenters. The largest absolute Gasteiger partial charge is 0.385 e. The Hall–Kier alpha value is -2.31. The van der Waals surface area contributed by atoms with Gasteiger partial charge in [0.05, 0.1) is 41.9 Å². The van der Waals surface area contributed by atoms with Gasteiger partial charge in [-0.25, -0.2) is 13.8 Å². The minimum atomic E-state index is -0.999. The fourth-order valence-corrected chi connectivity index (χ4v) is 5.15. The number of amides is 1. The van der Waals surface area contributed by atoms with Crippen LogP contribution in [0.2, 0.25) is 0 Å². The standard InChI is InChI=1S/C23H24F2IN5O2/c1-30-12-28-21-17(30)9-14(20(19(21)25)29-16-6-5-13(26)8-15(16)24)22(32)31-10-23(33,11-31)18-4-2-3-7-27-18/h5-6,8-9,12,18,27,29,33H,2-4,7,10-11H2,1H3/t18-/m0/s1. The van der Waals surface area contributed by atoms with Crippen LogP contribution in [0.15, 0.2) is 30.6 Å². The van der Waals surface area contributed by atoms with Gasteiger partial charge in [-0.05, 0) is 66.2 Å². The molecule has 2 saturated heterocycles. The lowest BCUT2D eigenvalue weighted by Crippen LogP contribution is -2.72. The minimum Gasteiger partial charge on any atom is -0.385 e. The number of carbonyl (C=O) groups is 1. The highest BCUT2D eigenvalue weighted by Crippen LogP contribution is 2.35. The number of benzene rings is 2. The van der Waals surface area contributed by atoms with Gasteiger partial charge in [-0.15, -0.1) is 0 Å². The Morgan fingerprint density at radius 2 is 2.09 bits per heavy atom. The van der Waals surface area contributed by atoms with Crippen LogP contribution in [0, 0.1) is 15.2 Å². The number of hydrogen-bond acceptors (Lipinski definition) is 5. The second-order valence-electron chi connectivity index (χ2n) is 8.85. The zero-order valence-electron chi connectivity index (χ0n) is 18.0. The molecule has 0 radical (unpaired) electrons. The smallest absolute Gasteiger partial charge is 0.256 e. The summed E-state index contributed by atoms with van der Waals surface area (Å²) in [5, 5.41) is 17.1. The van der Waals surface area contributed by atoms with Crippen molar-refractivity contribution in [2.75, 3.05) is 25.0 Å². The number of nitrogens with one attached hydrogen (secondary N) is 2. The highest BCUT2D eigenvalue weighted by molar-refractivity contribution is 14.1. The molecule has 10 heteroatoms. The molecule has 2 aliphatic heterocycles. The number of likely N-dealkylation sites (tertiary alicyclic amines) is 1. The third-order valence-electron chi connectivity index (χ3n) is 6.56. The average Bonchev–Trinajstić information content (AvgIpc) is 3.16. The average molecular weight is 567 g/mol. The van der Waals surface area contributed by atoms with E-state index in [1.54, 1.807) is 23.7 Å². The number of β-amino-alcohol motifs (C(OH)–C–C–N with tert-alkyl or cyclic N) is 1. The number of aliphatic hydroxyl groups is 1. The summed E-state index contributed by atoms with van der Waals surface area (Å²) in [5.74, 6) is -1.70. The number of carbonyl (C=O) groups excluding carboxylic acids is 1. The van der Waals surface area contributed by atoms with Crippen molar-refractivity contribution < 1.29 is 18.7 Å². The van der Waals surface area contributed by atoms with E-state index in [0.717, 1.165) is 25.8 Å². The molecule has 174 valence electrons. The fourth-order valence-electron chi connectivity index (χ4n) is 4.70. The van der Waals surface area contributed by atoms with Crippen LogP contribution in [-0.4, -0.2) is 56.7 Å². The molecule has 0 unspecified atom stereocenters. The van der Waals surface area contributed by atoms with Gasteiger partial charge in [0, 0.05) is 16.7 Å². The lowest BCUT2D eigenvalue weighted by Gasteiger charge is -2.51. The molecule has 3 N–H and O–H groups in total. The molecule has 1 amide bonds. The van der Waals surface area contributed by atoms with Gasteiger partial charge in [-0.2, -0.15) is 0 Å². The molecular formula is C23H24F2IN5O2. The van der Waals surface area contributed by atoms with E-state index in [1.165, 1.54) is 23.4 Å². The van der Waals surface area contributed by atoms with Crippen molar-refractivity contribution in [3.05, 3.63) is 51.4 Å². The zero-order chi connectivity index (χ0) is 23.3. The number of aromatic nitrogens is 2. The first-order valence-electron chi connectivity index (χ1n) is 10.9. The number of imidazole rings is 1. The van der Waals surface area contributed by atoms with E-state index < -0.39 is 23.1 Å². The SMILES string of the molecule is Cn1cnc2c(F)c(Nc3ccc(I)cc3F)c(C(=O)N3CC(O)([C@@H]4CCCCN4)C3)cc21. The van der Waals surface area contributed by atoms with E-state index in [9.17, 15) is 14.3 Å². The molecule has 0 bridgehead atoms. The fraction of sp³-hybridized carbons (Fsp3) is 0.391. The highest BCUT2D eigenvalue weighted by atomic mass is 127. The van der Waals surface area contributed by atoms with Crippen molar-refractivity contribution >= 4 is 50.9 Å². The molecular weight excluding hydrogens is 543 g/mol. The molecule has 0 saturated carbocycles. The first kappa shape index (κ1) is 22.5. The Morgan fingerprint density at radius 1 is 1.30 bits per heavy atom. The monoisotopic (exact) mass is 567 g/mol. The van der Waals surface area contributed by atoms with Gasteiger partial charge in [0.25, 0.3) is 5.91 Å². The predicted octanol–water partition coefficient (Wildman–Crippen LogP) is 3.53. The van der Waals surface area contributed by atoms with Crippen molar-refractivity contribution in [1.82, 2.24) is 19.8 Å². The van der Waals surface area contributed by atoms with E-state index in [1.807, 2.05) is 22.6 Å². The van der Waals surface area contributed by atoms with Crippen LogP contribution < -0.4 is 10.6 Å². The molecule has 1 aromatic heterocycles. The summed E-state index contributed by atoms with van der Waals surface area (Å²) >= 11 is 1.99. The summed E-state index contributed by atoms with van der Waals surface area (Å²) < 4.78 is 32.4. The molecule has 2 fully saturated rings. The quantitative estimate of drug-likeness (QED) is 0.421. The van der Waals surface area contributed by atoms with Crippen molar-refractivity contribution in [3.8, 4) is 0 Å². The Labute approximate surface area is 203 Å². The second-order valence-corrected chi connectivity index (χ2v) is 10.1. The number of piperidine rings is 1. The van der Waals surface area contributed by atoms with E-state index in [2.05, 4.69) is 15.6 Å². The third kappa shape index (κ3) is 3.97. The topological polar surface area (TPSA) is 82.4 Å². The summed E-state index contributed by atoms with van der Waals surface area (Å²) in [6.45, 7) is 1.16. The Morgan fingerprint density at radius 3 is 2.79 bits per heavy atom. The van der Waals surface area contributed by atoms with E-state index >= 15 is 4.39 Å². The molecule has 7 nitrogen and oxygen atoms in total. The first-order chi connectivity index (χ1) is 15.8. The van der Waals surface area contributed by atoms with E-state index in [4.69, 9.17) is 0 Å². The van der Waals surface area contributed by atoms with Crippen LogP contribution in [0.3, 0.4) is 0 Å². The van der Waals surface area contributed by atoms with E-state index in [0.29, 0.717) is 9.09 Å². The molecule has 5 rings (SSSR count). The number of anilines is 2. The summed E-state index contributed by atoms with van der Waals surface area (Å²) in [7, 11) is 1.71. The van der Waals surface area contributed by atoms with Gasteiger partial charge < -0.3 is 25.2 Å². The van der Waals surface area contributed by atoms with Crippen LogP contribution in [0.1, 0.15) is 29.6 Å². The normalized spacial score (nSPS) is 20.0. The number of nitrogens with zero attached hydrogens (tertiary/aromatic N) is 3. The van der Waals surface area contributed by atoms with Crippen LogP contribution in [0.25, 0.3) is 11.0 Å². The van der Waals surface area contributed by atoms with Crippen molar-refractivity contribution in [2.45, 2.75) is 30.9 Å². The number of fused-ring (bicyclic) bond motifs is 1. The Kier molecular flexibility index (Phi) is 5.78. The van der Waals surface area contributed by atoms with Gasteiger partial charge in [-0.3, -0.25) is 4.79 Å². The maximum absolute atomic E-state index is 15.5. The number of hydrogen-bond donors (Lipinski definition) is 3. The van der Waals surface area contributed by atoms with Gasteiger partial charge >= 0.3 is 0 Å². The Balaban J connectivity index is 1.49. The summed E-state index contributed by atoms with van der Waals surface area (Å²) in [6.07, 6.45) is 4.43. The van der Waals surface area contributed by atoms with Gasteiger partial charge in [0.15, 0.2) is 5.82 Å². The molecule has 2 aliphatic rings. The van der Waals surface area contributed by atoms with Crippen LogP contribution >= 0.6 is 22.6 Å². The molecule has 0 aliphatic carbocycles.